The molecule has 0 spiro atoms. The van der Waals surface area contributed by atoms with E-state index in [-0.39, 0.29) is 12.8 Å². The number of urea groups is 1. The molecule has 1 fully saturated rings. The summed E-state index contributed by atoms with van der Waals surface area (Å²) in [5.74, 6) is -4.33. The summed E-state index contributed by atoms with van der Waals surface area (Å²) in [5, 5.41) is 7.41. The molecule has 0 radical (unpaired) electrons. The molecule has 30 heavy (non-hydrogen) atoms. The van der Waals surface area contributed by atoms with Gasteiger partial charge in [-0.05, 0) is 36.5 Å². The lowest BCUT2D eigenvalue weighted by Crippen LogP contribution is -2.58. The van der Waals surface area contributed by atoms with Gasteiger partial charge in [-0.15, -0.1) is 0 Å². The first-order valence-corrected chi connectivity index (χ1v) is 9.99. The molecule has 5 amide bonds. The standard InChI is InChI=1S/C21H26N4O5/c1-3-14(11-4-5-12-9-23-10-13(12)8-11)17(27)21(2,19(29)25-20(22)30)15-6-7-16(26)24-18(15)28/h4-5,8,14-15,23H,3,6-7,9-10H2,1-2H3,(H,24,26,28)(H3,22,25,29,30). The van der Waals surface area contributed by atoms with Crippen molar-refractivity contribution in [2.45, 2.75) is 52.1 Å². The highest BCUT2D eigenvalue weighted by Gasteiger charge is 2.54. The molecular weight excluding hydrogens is 388 g/mol. The lowest BCUT2D eigenvalue weighted by molar-refractivity contribution is -0.154. The number of hydrogen-bond donors (Lipinski definition) is 4. The Morgan fingerprint density at radius 1 is 1.23 bits per heavy atom. The maximum Gasteiger partial charge on any atom is 0.318 e. The number of primary amides is 1. The molecule has 1 aromatic carbocycles. The van der Waals surface area contributed by atoms with Gasteiger partial charge in [-0.1, -0.05) is 25.1 Å². The zero-order valence-corrected chi connectivity index (χ0v) is 17.0. The Balaban J connectivity index is 2.01. The van der Waals surface area contributed by atoms with Gasteiger partial charge in [0.15, 0.2) is 5.78 Å². The smallest absolute Gasteiger partial charge is 0.318 e. The molecule has 1 saturated heterocycles. The number of nitrogens with two attached hydrogens (primary N) is 1. The molecule has 3 rings (SSSR count). The van der Waals surface area contributed by atoms with E-state index in [1.165, 1.54) is 6.92 Å². The number of rotatable bonds is 6. The van der Waals surface area contributed by atoms with Crippen LogP contribution in [0.15, 0.2) is 18.2 Å². The summed E-state index contributed by atoms with van der Waals surface area (Å²) in [6.45, 7) is 4.63. The number of Topliss-reactive ketones (excluding diaryl/α,β-unsaturated/α-hetero) is 1. The molecule has 1 aromatic rings. The molecule has 3 atom stereocenters. The Bertz CT molecular complexity index is 928. The second kappa shape index (κ2) is 8.35. The van der Waals surface area contributed by atoms with Gasteiger partial charge in [-0.25, -0.2) is 4.79 Å². The van der Waals surface area contributed by atoms with Crippen molar-refractivity contribution in [3.63, 3.8) is 0 Å². The first kappa shape index (κ1) is 21.6. The summed E-state index contributed by atoms with van der Waals surface area (Å²) < 4.78 is 0. The SMILES string of the molecule is CCC(C(=O)C(C)(C(=O)NC(N)=O)C1CCC(=O)NC1=O)c1ccc2c(c1)CNC2. The number of imide groups is 2. The number of carbonyl (C=O) groups is 5. The molecule has 2 heterocycles. The van der Waals surface area contributed by atoms with Crippen LogP contribution in [-0.4, -0.2) is 29.5 Å². The van der Waals surface area contributed by atoms with Crippen molar-refractivity contribution in [2.75, 3.05) is 0 Å². The Kier molecular flexibility index (Phi) is 6.02. The van der Waals surface area contributed by atoms with E-state index in [9.17, 15) is 24.0 Å². The highest BCUT2D eigenvalue weighted by atomic mass is 16.2. The van der Waals surface area contributed by atoms with Gasteiger partial charge >= 0.3 is 6.03 Å². The van der Waals surface area contributed by atoms with Gasteiger partial charge < -0.3 is 11.1 Å². The van der Waals surface area contributed by atoms with Gasteiger partial charge in [-0.3, -0.25) is 29.8 Å². The van der Waals surface area contributed by atoms with Gasteiger partial charge in [0.25, 0.3) is 0 Å². The van der Waals surface area contributed by atoms with Crippen molar-refractivity contribution in [3.8, 4) is 0 Å². The number of benzene rings is 1. The third kappa shape index (κ3) is 3.85. The molecule has 3 unspecified atom stereocenters. The van der Waals surface area contributed by atoms with E-state index >= 15 is 0 Å². The van der Waals surface area contributed by atoms with E-state index in [2.05, 4.69) is 10.6 Å². The van der Waals surface area contributed by atoms with Gasteiger partial charge in [0.05, 0.1) is 5.92 Å². The topological polar surface area (TPSA) is 147 Å². The third-order valence-corrected chi connectivity index (χ3v) is 6.14. The summed E-state index contributed by atoms with van der Waals surface area (Å²) in [7, 11) is 0. The second-order valence-corrected chi connectivity index (χ2v) is 7.98. The van der Waals surface area contributed by atoms with Crippen LogP contribution in [0.4, 0.5) is 4.79 Å². The largest absolute Gasteiger partial charge is 0.351 e. The molecular formula is C21H26N4O5. The van der Waals surface area contributed by atoms with Crippen molar-refractivity contribution >= 4 is 29.5 Å². The first-order chi connectivity index (χ1) is 14.2. The molecule has 0 aromatic heterocycles. The van der Waals surface area contributed by atoms with Crippen molar-refractivity contribution in [2.24, 2.45) is 17.1 Å². The quantitative estimate of drug-likeness (QED) is 0.396. The number of hydrogen-bond acceptors (Lipinski definition) is 6. The molecule has 160 valence electrons. The van der Waals surface area contributed by atoms with Crippen LogP contribution in [0.5, 0.6) is 0 Å². The molecule has 5 N–H and O–H groups in total. The zero-order chi connectivity index (χ0) is 22.1. The van der Waals surface area contributed by atoms with E-state index in [1.54, 1.807) is 0 Å². The average Bonchev–Trinajstić information content (AvgIpc) is 3.15. The van der Waals surface area contributed by atoms with Crippen LogP contribution in [0.25, 0.3) is 0 Å². The predicted octanol–water partition coefficient (Wildman–Crippen LogP) is 0.607. The number of ketones is 1. The van der Waals surface area contributed by atoms with Crippen molar-refractivity contribution in [1.29, 1.82) is 0 Å². The van der Waals surface area contributed by atoms with Crippen LogP contribution in [0, 0.1) is 11.3 Å². The Morgan fingerprint density at radius 2 is 1.93 bits per heavy atom. The Labute approximate surface area is 174 Å². The van der Waals surface area contributed by atoms with E-state index < -0.39 is 46.8 Å². The summed E-state index contributed by atoms with van der Waals surface area (Å²) in [6, 6.07) is 4.64. The van der Waals surface area contributed by atoms with Crippen LogP contribution in [0.3, 0.4) is 0 Å². The highest BCUT2D eigenvalue weighted by Crippen LogP contribution is 2.40. The first-order valence-electron chi connectivity index (χ1n) is 9.99. The number of piperidine rings is 1. The Hall–Kier alpha value is -3.07. The molecule has 2 aliphatic heterocycles. The van der Waals surface area contributed by atoms with Crippen LogP contribution in [-0.2, 0) is 32.3 Å². The van der Waals surface area contributed by atoms with Crippen LogP contribution < -0.4 is 21.7 Å². The summed E-state index contributed by atoms with van der Waals surface area (Å²) in [6.07, 6.45) is 0.436. The molecule has 9 nitrogen and oxygen atoms in total. The number of nitrogens with one attached hydrogen (secondary N) is 3. The lowest BCUT2D eigenvalue weighted by Gasteiger charge is -2.37. The van der Waals surface area contributed by atoms with Crippen LogP contribution >= 0.6 is 0 Å². The number of carbonyl (C=O) groups excluding carboxylic acids is 5. The fraction of sp³-hybridized carbons (Fsp3) is 0.476. The highest BCUT2D eigenvalue weighted by molar-refractivity contribution is 6.16. The van der Waals surface area contributed by atoms with E-state index in [4.69, 9.17) is 5.73 Å². The Morgan fingerprint density at radius 3 is 2.57 bits per heavy atom. The summed E-state index contributed by atoms with van der Waals surface area (Å²) in [4.78, 5) is 62.2. The van der Waals surface area contributed by atoms with Gasteiger partial charge in [0, 0.05) is 25.4 Å². The van der Waals surface area contributed by atoms with Crippen molar-refractivity contribution < 1.29 is 24.0 Å². The minimum atomic E-state index is -1.86. The van der Waals surface area contributed by atoms with Crippen molar-refractivity contribution in [3.05, 3.63) is 34.9 Å². The van der Waals surface area contributed by atoms with Crippen LogP contribution in [0.1, 0.15) is 55.7 Å². The minimum absolute atomic E-state index is 0.00440. The van der Waals surface area contributed by atoms with E-state index in [0.717, 1.165) is 23.2 Å². The maximum absolute atomic E-state index is 13.8. The zero-order valence-electron chi connectivity index (χ0n) is 17.0. The third-order valence-electron chi connectivity index (χ3n) is 6.14. The molecule has 9 heteroatoms. The summed E-state index contributed by atoms with van der Waals surface area (Å²) in [5.41, 5.74) is 6.24. The monoisotopic (exact) mass is 414 g/mol. The summed E-state index contributed by atoms with van der Waals surface area (Å²) >= 11 is 0. The maximum atomic E-state index is 13.8. The van der Waals surface area contributed by atoms with E-state index in [0.29, 0.717) is 13.0 Å². The van der Waals surface area contributed by atoms with Gasteiger partial charge in [-0.2, -0.15) is 0 Å². The molecule has 0 saturated carbocycles. The van der Waals surface area contributed by atoms with Crippen LogP contribution in [0.2, 0.25) is 0 Å². The number of amides is 5. The second-order valence-electron chi connectivity index (χ2n) is 7.98. The number of fused-ring (bicyclic) bond motifs is 1. The lowest BCUT2D eigenvalue weighted by atomic mass is 9.65. The molecule has 2 aliphatic rings. The van der Waals surface area contributed by atoms with Gasteiger partial charge in [0.2, 0.25) is 17.7 Å². The normalized spacial score (nSPS) is 21.2. The predicted molar refractivity (Wildman–Crippen MR) is 107 cm³/mol. The van der Waals surface area contributed by atoms with Crippen molar-refractivity contribution in [1.82, 2.24) is 16.0 Å². The van der Waals surface area contributed by atoms with Gasteiger partial charge in [0.1, 0.15) is 5.41 Å². The van der Waals surface area contributed by atoms with E-state index in [1.807, 2.05) is 30.4 Å². The molecule has 0 aliphatic carbocycles. The minimum Gasteiger partial charge on any atom is -0.351 e. The fourth-order valence-electron chi connectivity index (χ4n) is 4.39. The average molecular weight is 414 g/mol. The molecule has 0 bridgehead atoms. The fourth-order valence-corrected chi connectivity index (χ4v) is 4.39.